The van der Waals surface area contributed by atoms with Crippen molar-refractivity contribution in [2.45, 2.75) is 151 Å². The summed E-state index contributed by atoms with van der Waals surface area (Å²) in [5, 5.41) is 0. The largest absolute Gasteiger partial charge is 1.00 e. The van der Waals surface area contributed by atoms with Crippen molar-refractivity contribution in [3.05, 3.63) is 0 Å². The van der Waals surface area contributed by atoms with Crippen LogP contribution < -0.4 is 12.4 Å². The Labute approximate surface area is 270 Å². The Morgan fingerprint density at radius 3 is 0.979 bits per heavy atom. The molecule has 286 valence electrons. The van der Waals surface area contributed by atoms with E-state index in [1.165, 1.54) is 0 Å². The molecule has 0 saturated heterocycles. The SMILES string of the molecule is CCCCCCCC[N+](C)(CCCCCCCC)CCCC(F)(F)C(F)(F)C(F)(F)C(F)(F)C(F)(F)C(F)(F)C(F)(F)C(F)(F)F.[Cl-]. The third kappa shape index (κ3) is 10.8. The summed E-state index contributed by atoms with van der Waals surface area (Å²) in [6.45, 7) is 4.22. The van der Waals surface area contributed by atoms with Gasteiger partial charge in [-0.25, -0.2) is 0 Å². The van der Waals surface area contributed by atoms with Gasteiger partial charge in [-0.2, -0.15) is 74.6 Å². The van der Waals surface area contributed by atoms with Gasteiger partial charge < -0.3 is 16.9 Å². The first-order chi connectivity index (χ1) is 20.6. The van der Waals surface area contributed by atoms with Crippen LogP contribution in [0, 0.1) is 0 Å². The maximum absolute atomic E-state index is 14.4. The van der Waals surface area contributed by atoms with E-state index in [-0.39, 0.29) is 16.9 Å². The summed E-state index contributed by atoms with van der Waals surface area (Å²) >= 11 is 0. The third-order valence-corrected chi connectivity index (χ3v) is 8.08. The van der Waals surface area contributed by atoms with Crippen LogP contribution in [0.4, 0.5) is 74.6 Å². The number of rotatable bonds is 24. The fourth-order valence-electron chi connectivity index (χ4n) is 4.92. The molecule has 0 fully saturated rings. The van der Waals surface area contributed by atoms with Gasteiger partial charge in [0, 0.05) is 12.8 Å². The van der Waals surface area contributed by atoms with Crippen molar-refractivity contribution < 1.29 is 91.5 Å². The second-order valence-electron chi connectivity index (χ2n) is 12.1. The summed E-state index contributed by atoms with van der Waals surface area (Å²) < 4.78 is 230. The standard InChI is InChI=1S/C28H43F17N.ClH/c1-4-6-8-10-12-14-18-46(3,19-15-13-11-9-7-5-2)20-16-17-21(29,30)22(31,32)23(33,34)24(35,36)25(37,38)26(39,40)27(41,42)28(43,44)45;/h4-20H2,1-3H3;1H/q+1;/p-1. The van der Waals surface area contributed by atoms with E-state index in [1.807, 2.05) is 13.8 Å². The van der Waals surface area contributed by atoms with E-state index >= 15 is 0 Å². The zero-order valence-electron chi connectivity index (χ0n) is 26.3. The van der Waals surface area contributed by atoms with Gasteiger partial charge >= 0.3 is 47.6 Å². The summed E-state index contributed by atoms with van der Waals surface area (Å²) in [4.78, 5) is 0. The topological polar surface area (TPSA) is 0 Å². The first-order valence-corrected chi connectivity index (χ1v) is 15.1. The molecular formula is C28H43ClF17N. The van der Waals surface area contributed by atoms with Crippen molar-refractivity contribution in [3.63, 3.8) is 0 Å². The van der Waals surface area contributed by atoms with E-state index in [2.05, 4.69) is 0 Å². The molecule has 0 spiro atoms. The average molecular weight is 752 g/mol. The van der Waals surface area contributed by atoms with Crippen LogP contribution in [0.3, 0.4) is 0 Å². The number of unbranched alkanes of at least 4 members (excludes halogenated alkanes) is 10. The normalized spacial score (nSPS) is 14.8. The van der Waals surface area contributed by atoms with Gasteiger partial charge in [0.25, 0.3) is 0 Å². The zero-order valence-corrected chi connectivity index (χ0v) is 27.0. The Kier molecular flexibility index (Phi) is 18.3. The zero-order chi connectivity index (χ0) is 36.5. The van der Waals surface area contributed by atoms with Crippen molar-refractivity contribution in [2.24, 2.45) is 0 Å². The highest BCUT2D eigenvalue weighted by atomic mass is 35.5. The Morgan fingerprint density at radius 2 is 0.638 bits per heavy atom. The van der Waals surface area contributed by atoms with E-state index in [0.29, 0.717) is 38.8 Å². The Bertz CT molecular complexity index is 875. The lowest BCUT2D eigenvalue weighted by Gasteiger charge is -2.43. The molecule has 1 nitrogen and oxygen atoms in total. The number of alkyl halides is 17. The van der Waals surface area contributed by atoms with Crippen LogP contribution in [0.2, 0.25) is 0 Å². The molecule has 0 N–H and O–H groups in total. The van der Waals surface area contributed by atoms with E-state index in [9.17, 15) is 74.6 Å². The van der Waals surface area contributed by atoms with Crippen LogP contribution in [-0.4, -0.2) is 78.8 Å². The van der Waals surface area contributed by atoms with Crippen LogP contribution in [-0.2, 0) is 0 Å². The molecule has 19 heteroatoms. The van der Waals surface area contributed by atoms with Gasteiger partial charge in [0.05, 0.1) is 26.7 Å². The van der Waals surface area contributed by atoms with Crippen LogP contribution in [0.1, 0.15) is 104 Å². The molecule has 0 aliphatic carbocycles. The Morgan fingerprint density at radius 1 is 0.362 bits per heavy atom. The molecule has 0 aliphatic heterocycles. The molecule has 0 amide bonds. The lowest BCUT2D eigenvalue weighted by molar-refractivity contribution is -0.910. The summed E-state index contributed by atoms with van der Waals surface area (Å²) in [6.07, 6.45) is -1.33. The molecule has 0 aromatic carbocycles. The molecule has 0 bridgehead atoms. The fourth-order valence-corrected chi connectivity index (χ4v) is 4.92. The van der Waals surface area contributed by atoms with Crippen molar-refractivity contribution in [1.29, 1.82) is 0 Å². The molecule has 0 aromatic heterocycles. The molecule has 0 aliphatic rings. The van der Waals surface area contributed by atoms with Crippen molar-refractivity contribution in [1.82, 2.24) is 0 Å². The first-order valence-electron chi connectivity index (χ1n) is 15.1. The Balaban J connectivity index is 0. The summed E-state index contributed by atoms with van der Waals surface area (Å²) in [7, 11) is 1.56. The smallest absolute Gasteiger partial charge is 0.460 e. The molecule has 0 rings (SSSR count). The molecule has 0 radical (unpaired) electrons. The average Bonchev–Trinajstić information content (AvgIpc) is 2.91. The highest BCUT2D eigenvalue weighted by molar-refractivity contribution is 5.15. The lowest BCUT2D eigenvalue weighted by atomic mass is 9.88. The minimum Gasteiger partial charge on any atom is -1.00 e. The molecule has 47 heavy (non-hydrogen) atoms. The molecule has 0 unspecified atom stereocenters. The Hall–Kier alpha value is -0.940. The maximum Gasteiger partial charge on any atom is 0.460 e. The van der Waals surface area contributed by atoms with Crippen molar-refractivity contribution in [2.75, 3.05) is 26.7 Å². The predicted molar refractivity (Wildman–Crippen MR) is 137 cm³/mol. The van der Waals surface area contributed by atoms with Crippen LogP contribution in [0.25, 0.3) is 0 Å². The van der Waals surface area contributed by atoms with Gasteiger partial charge in [-0.1, -0.05) is 65.2 Å². The van der Waals surface area contributed by atoms with Gasteiger partial charge in [-0.15, -0.1) is 0 Å². The van der Waals surface area contributed by atoms with Gasteiger partial charge in [0.2, 0.25) is 0 Å². The van der Waals surface area contributed by atoms with Gasteiger partial charge in [0.1, 0.15) is 0 Å². The maximum atomic E-state index is 14.4. The molecule has 0 saturated carbocycles. The third-order valence-electron chi connectivity index (χ3n) is 8.08. The highest BCUT2D eigenvalue weighted by Crippen LogP contribution is 2.64. The van der Waals surface area contributed by atoms with Crippen LogP contribution in [0.15, 0.2) is 0 Å². The minimum absolute atomic E-state index is 0. The van der Waals surface area contributed by atoms with Gasteiger partial charge in [0.15, 0.2) is 0 Å². The summed E-state index contributed by atoms with van der Waals surface area (Å²) in [6, 6.07) is 0. The van der Waals surface area contributed by atoms with Crippen LogP contribution >= 0.6 is 0 Å². The summed E-state index contributed by atoms with van der Waals surface area (Å²) in [5.74, 6) is -55.9. The monoisotopic (exact) mass is 751 g/mol. The number of halogens is 18. The van der Waals surface area contributed by atoms with Crippen molar-refractivity contribution >= 4 is 0 Å². The van der Waals surface area contributed by atoms with E-state index in [0.717, 1.165) is 51.4 Å². The van der Waals surface area contributed by atoms with E-state index in [4.69, 9.17) is 0 Å². The summed E-state index contributed by atoms with van der Waals surface area (Å²) in [5.41, 5.74) is 0. The van der Waals surface area contributed by atoms with E-state index < -0.39 is 67.0 Å². The number of nitrogens with zero attached hydrogens (tertiary/aromatic N) is 1. The number of hydrogen-bond acceptors (Lipinski definition) is 0. The highest BCUT2D eigenvalue weighted by Gasteiger charge is 2.95. The van der Waals surface area contributed by atoms with E-state index in [1.54, 1.807) is 7.05 Å². The van der Waals surface area contributed by atoms with Crippen molar-refractivity contribution in [3.8, 4) is 0 Å². The molecular weight excluding hydrogens is 709 g/mol. The quantitative estimate of drug-likeness (QED) is 0.0525. The van der Waals surface area contributed by atoms with Gasteiger partial charge in [-0.05, 0) is 25.7 Å². The predicted octanol–water partition coefficient (Wildman–Crippen LogP) is 8.95. The fraction of sp³-hybridized carbons (Fsp3) is 1.00. The first kappa shape index (κ1) is 48.2. The minimum atomic E-state index is -8.59. The van der Waals surface area contributed by atoms with Gasteiger partial charge in [-0.3, -0.25) is 0 Å². The number of quaternary nitrogens is 1. The lowest BCUT2D eigenvalue weighted by Crippen LogP contribution is -3.00. The van der Waals surface area contributed by atoms with Crippen LogP contribution in [0.5, 0.6) is 0 Å². The number of hydrogen-bond donors (Lipinski definition) is 0. The molecule has 0 aromatic rings. The second kappa shape index (κ2) is 17.8. The molecule has 0 atom stereocenters. The second-order valence-corrected chi connectivity index (χ2v) is 12.1. The molecule has 0 heterocycles.